The van der Waals surface area contributed by atoms with Gasteiger partial charge in [-0.25, -0.2) is 0 Å². The Bertz CT molecular complexity index is 458. The van der Waals surface area contributed by atoms with E-state index in [-0.39, 0.29) is 0 Å². The fourth-order valence-corrected chi connectivity index (χ4v) is 1.84. The molecule has 0 atom stereocenters. The van der Waals surface area contributed by atoms with Crippen molar-refractivity contribution < 1.29 is 4.42 Å². The number of fused-ring (bicyclic) bond motifs is 1. The van der Waals surface area contributed by atoms with Gasteiger partial charge in [-0.15, -0.1) is 0 Å². The predicted octanol–water partition coefficient (Wildman–Crippen LogP) is 3.55. The minimum absolute atomic E-state index is 0.482. The summed E-state index contributed by atoms with van der Waals surface area (Å²) in [4.78, 5) is 0. The molecule has 1 aromatic carbocycles. The summed E-state index contributed by atoms with van der Waals surface area (Å²) in [6.07, 6.45) is 0. The molecule has 1 N–H and O–H groups in total. The average Bonchev–Trinajstić information content (AvgIpc) is 2.66. The van der Waals surface area contributed by atoms with Gasteiger partial charge in [-0.05, 0) is 31.0 Å². The van der Waals surface area contributed by atoms with Crippen LogP contribution in [0.1, 0.15) is 30.7 Å². The van der Waals surface area contributed by atoms with Gasteiger partial charge in [-0.3, -0.25) is 0 Å². The van der Waals surface area contributed by atoms with Crippen LogP contribution in [0.25, 0.3) is 11.0 Å². The second-order valence-corrected chi connectivity index (χ2v) is 4.69. The van der Waals surface area contributed by atoms with Crippen molar-refractivity contribution in [3.05, 3.63) is 35.1 Å². The molecular weight excluding hydrogens is 198 g/mol. The number of hydrogen-bond donors (Lipinski definition) is 1. The van der Waals surface area contributed by atoms with Crippen LogP contribution in [-0.4, -0.2) is 6.04 Å². The number of benzene rings is 1. The van der Waals surface area contributed by atoms with Crippen LogP contribution in [0.15, 0.2) is 22.6 Å². The van der Waals surface area contributed by atoms with E-state index >= 15 is 0 Å². The number of furan rings is 1. The first-order valence-corrected chi connectivity index (χ1v) is 5.80. The molecule has 0 spiro atoms. The highest BCUT2D eigenvalue weighted by Gasteiger charge is 2.08. The van der Waals surface area contributed by atoms with E-state index in [1.54, 1.807) is 0 Å². The molecule has 0 fully saturated rings. The first-order valence-electron chi connectivity index (χ1n) is 5.80. The summed E-state index contributed by atoms with van der Waals surface area (Å²) in [6, 6.07) is 6.89. The van der Waals surface area contributed by atoms with Crippen LogP contribution in [-0.2, 0) is 6.54 Å². The largest absolute Gasteiger partial charge is 0.459 e. The molecule has 1 aromatic heterocycles. The number of nitrogens with one attached hydrogen (secondary N) is 1. The molecule has 0 saturated carbocycles. The van der Waals surface area contributed by atoms with Crippen LogP contribution in [0.4, 0.5) is 0 Å². The van der Waals surface area contributed by atoms with Gasteiger partial charge < -0.3 is 9.73 Å². The minimum atomic E-state index is 0.482. The number of rotatable bonds is 3. The molecule has 0 saturated heterocycles. The summed E-state index contributed by atoms with van der Waals surface area (Å²) in [7, 11) is 0. The lowest BCUT2D eigenvalue weighted by atomic mass is 10.1. The monoisotopic (exact) mass is 217 g/mol. The minimum Gasteiger partial charge on any atom is -0.459 e. The van der Waals surface area contributed by atoms with Crippen molar-refractivity contribution in [3.8, 4) is 0 Å². The van der Waals surface area contributed by atoms with Crippen molar-refractivity contribution >= 4 is 11.0 Å². The standard InChI is InChI=1S/C14H19NO/c1-9(2)15-8-12-7-13-10(3)5-6-11(4)14(13)16-12/h5-7,9,15H,8H2,1-4H3. The van der Waals surface area contributed by atoms with Crippen molar-refractivity contribution in [1.29, 1.82) is 0 Å². The molecule has 0 aliphatic heterocycles. The molecule has 0 bridgehead atoms. The first-order chi connectivity index (χ1) is 7.58. The Morgan fingerprint density at radius 1 is 1.19 bits per heavy atom. The quantitative estimate of drug-likeness (QED) is 0.850. The van der Waals surface area contributed by atoms with Gasteiger partial charge in [0.25, 0.3) is 0 Å². The lowest BCUT2D eigenvalue weighted by Crippen LogP contribution is -2.21. The fraction of sp³-hybridized carbons (Fsp3) is 0.429. The molecule has 1 heterocycles. The van der Waals surface area contributed by atoms with Gasteiger partial charge in [-0.1, -0.05) is 26.0 Å². The molecule has 2 nitrogen and oxygen atoms in total. The van der Waals surface area contributed by atoms with E-state index < -0.39 is 0 Å². The third kappa shape index (κ3) is 2.12. The van der Waals surface area contributed by atoms with Crippen LogP contribution in [0.2, 0.25) is 0 Å². The van der Waals surface area contributed by atoms with E-state index in [0.29, 0.717) is 6.04 Å². The van der Waals surface area contributed by atoms with Crippen molar-refractivity contribution in [3.63, 3.8) is 0 Å². The molecule has 2 aromatic rings. The van der Waals surface area contributed by atoms with E-state index in [1.165, 1.54) is 16.5 Å². The van der Waals surface area contributed by atoms with E-state index in [2.05, 4.69) is 51.2 Å². The van der Waals surface area contributed by atoms with Crippen molar-refractivity contribution in [2.45, 2.75) is 40.3 Å². The van der Waals surface area contributed by atoms with E-state index in [0.717, 1.165) is 17.9 Å². The molecule has 0 unspecified atom stereocenters. The Morgan fingerprint density at radius 2 is 1.88 bits per heavy atom. The van der Waals surface area contributed by atoms with Gasteiger partial charge >= 0.3 is 0 Å². The molecule has 86 valence electrons. The van der Waals surface area contributed by atoms with Gasteiger partial charge in [0.2, 0.25) is 0 Å². The van der Waals surface area contributed by atoms with Gasteiger partial charge in [0.05, 0.1) is 6.54 Å². The van der Waals surface area contributed by atoms with Crippen LogP contribution in [0, 0.1) is 13.8 Å². The summed E-state index contributed by atoms with van der Waals surface area (Å²) in [5.41, 5.74) is 3.51. The Balaban J connectivity index is 2.36. The van der Waals surface area contributed by atoms with Crippen molar-refractivity contribution in [2.75, 3.05) is 0 Å². The molecular formula is C14H19NO. The smallest absolute Gasteiger partial charge is 0.137 e. The highest BCUT2D eigenvalue weighted by Crippen LogP contribution is 2.25. The molecule has 0 aliphatic carbocycles. The van der Waals surface area contributed by atoms with Gasteiger partial charge in [0, 0.05) is 11.4 Å². The molecule has 0 aliphatic rings. The van der Waals surface area contributed by atoms with Crippen LogP contribution >= 0.6 is 0 Å². The van der Waals surface area contributed by atoms with Crippen LogP contribution in [0.3, 0.4) is 0 Å². The summed E-state index contributed by atoms with van der Waals surface area (Å²) in [5.74, 6) is 1.01. The summed E-state index contributed by atoms with van der Waals surface area (Å²) in [6.45, 7) is 9.28. The van der Waals surface area contributed by atoms with Crippen LogP contribution < -0.4 is 5.32 Å². The van der Waals surface area contributed by atoms with Crippen LogP contribution in [0.5, 0.6) is 0 Å². The molecule has 0 amide bonds. The number of hydrogen-bond acceptors (Lipinski definition) is 2. The highest BCUT2D eigenvalue weighted by atomic mass is 16.3. The maximum absolute atomic E-state index is 5.87. The Morgan fingerprint density at radius 3 is 2.50 bits per heavy atom. The summed E-state index contributed by atoms with van der Waals surface area (Å²) >= 11 is 0. The summed E-state index contributed by atoms with van der Waals surface area (Å²) in [5, 5.41) is 4.60. The second kappa shape index (κ2) is 4.30. The lowest BCUT2D eigenvalue weighted by molar-refractivity contribution is 0.487. The molecule has 2 rings (SSSR count). The predicted molar refractivity (Wildman–Crippen MR) is 67.7 cm³/mol. The van der Waals surface area contributed by atoms with Gasteiger partial charge in [-0.2, -0.15) is 0 Å². The third-order valence-corrected chi connectivity index (χ3v) is 2.83. The van der Waals surface area contributed by atoms with E-state index in [1.807, 2.05) is 0 Å². The normalized spacial score (nSPS) is 11.6. The first kappa shape index (κ1) is 11.2. The van der Waals surface area contributed by atoms with Gasteiger partial charge in [0.1, 0.15) is 11.3 Å². The van der Waals surface area contributed by atoms with Crippen molar-refractivity contribution in [1.82, 2.24) is 5.32 Å². The molecule has 0 radical (unpaired) electrons. The third-order valence-electron chi connectivity index (χ3n) is 2.83. The number of aryl methyl sites for hydroxylation is 2. The highest BCUT2D eigenvalue weighted by molar-refractivity contribution is 5.84. The zero-order chi connectivity index (χ0) is 11.7. The van der Waals surface area contributed by atoms with Gasteiger partial charge in [0.15, 0.2) is 0 Å². The maximum Gasteiger partial charge on any atom is 0.137 e. The Kier molecular flexibility index (Phi) is 3.01. The SMILES string of the molecule is Cc1ccc(C)c2oc(CNC(C)C)cc12. The zero-order valence-electron chi connectivity index (χ0n) is 10.4. The van der Waals surface area contributed by atoms with E-state index in [9.17, 15) is 0 Å². The Labute approximate surface area is 96.6 Å². The zero-order valence-corrected chi connectivity index (χ0v) is 10.4. The molecule has 16 heavy (non-hydrogen) atoms. The Hall–Kier alpha value is -1.28. The lowest BCUT2D eigenvalue weighted by Gasteiger charge is -2.04. The second-order valence-electron chi connectivity index (χ2n) is 4.69. The fourth-order valence-electron chi connectivity index (χ4n) is 1.84. The topological polar surface area (TPSA) is 25.2 Å². The summed E-state index contributed by atoms with van der Waals surface area (Å²) < 4.78 is 5.87. The molecule has 2 heteroatoms. The average molecular weight is 217 g/mol. The van der Waals surface area contributed by atoms with Crippen molar-refractivity contribution in [2.24, 2.45) is 0 Å². The maximum atomic E-state index is 5.87. The van der Waals surface area contributed by atoms with E-state index in [4.69, 9.17) is 4.42 Å².